The number of rotatable bonds is 9. The van der Waals surface area contributed by atoms with E-state index >= 15 is 0 Å². The maximum Gasteiger partial charge on any atom is 0.408 e. The molecule has 0 radical (unpaired) electrons. The smallest absolute Gasteiger partial charge is 0.408 e. The molecule has 11 nitrogen and oxygen atoms in total. The standard InChI is InChI=1S/C27H35N3O8S/c1-26(2,3)37-25(33)30-27(13-15-36-16-14-27)24(32)29-22(23(28)31)17-18-5-7-19(8-6-18)20-9-11-21(12-10-20)38-39(4,34)35/h5-12,22H,13-17H2,1-4H3,(H2,28,31)(H,29,32)(H,30,33)/t22-/m0/s1. The van der Waals surface area contributed by atoms with Crippen molar-refractivity contribution in [3.05, 3.63) is 54.1 Å². The number of carbonyl (C=O) groups is 3. The minimum Gasteiger partial charge on any atom is -0.444 e. The highest BCUT2D eigenvalue weighted by atomic mass is 32.2. The molecule has 2 aromatic rings. The summed E-state index contributed by atoms with van der Waals surface area (Å²) in [6, 6.07) is 12.8. The summed E-state index contributed by atoms with van der Waals surface area (Å²) in [6.07, 6.45) is 0.809. The van der Waals surface area contributed by atoms with E-state index < -0.39 is 45.2 Å². The second-order valence-electron chi connectivity index (χ2n) is 10.5. The molecule has 1 saturated heterocycles. The fourth-order valence-electron chi connectivity index (χ4n) is 4.09. The van der Waals surface area contributed by atoms with Gasteiger partial charge in [-0.2, -0.15) is 8.42 Å². The van der Waals surface area contributed by atoms with Gasteiger partial charge >= 0.3 is 16.2 Å². The Hall–Kier alpha value is -3.64. The van der Waals surface area contributed by atoms with Gasteiger partial charge in [0.05, 0.1) is 6.26 Å². The van der Waals surface area contributed by atoms with Gasteiger partial charge in [-0.25, -0.2) is 4.79 Å². The molecule has 0 unspecified atom stereocenters. The molecule has 1 atom stereocenters. The first-order chi connectivity index (χ1) is 18.2. The molecule has 0 bridgehead atoms. The van der Waals surface area contributed by atoms with Crippen molar-refractivity contribution in [3.63, 3.8) is 0 Å². The van der Waals surface area contributed by atoms with E-state index in [0.29, 0.717) is 0 Å². The first kappa shape index (κ1) is 29.9. The lowest BCUT2D eigenvalue weighted by Gasteiger charge is -2.37. The number of nitrogens with two attached hydrogens (primary N) is 1. The quantitative estimate of drug-likeness (QED) is 0.393. The minimum absolute atomic E-state index is 0.140. The van der Waals surface area contributed by atoms with Gasteiger partial charge in [-0.1, -0.05) is 36.4 Å². The maximum atomic E-state index is 13.4. The molecule has 0 spiro atoms. The van der Waals surface area contributed by atoms with E-state index in [1.807, 2.05) is 24.3 Å². The molecule has 212 valence electrons. The van der Waals surface area contributed by atoms with E-state index in [1.54, 1.807) is 45.0 Å². The SMILES string of the molecule is CC(C)(C)OC(=O)NC1(C(=O)N[C@@H](Cc2ccc(-c3ccc(OS(C)(=O)=O)cc3)cc2)C(N)=O)CCOCC1. The van der Waals surface area contributed by atoms with Crippen molar-refractivity contribution < 1.29 is 36.5 Å². The van der Waals surface area contributed by atoms with E-state index in [1.165, 1.54) is 0 Å². The van der Waals surface area contributed by atoms with Crippen LogP contribution in [-0.4, -0.2) is 63.0 Å². The molecule has 1 heterocycles. The summed E-state index contributed by atoms with van der Waals surface area (Å²) in [5.41, 5.74) is 6.01. The molecule has 1 fully saturated rings. The van der Waals surface area contributed by atoms with Gasteiger partial charge in [-0.05, 0) is 49.6 Å². The normalized spacial score (nSPS) is 16.0. The van der Waals surface area contributed by atoms with E-state index in [-0.39, 0.29) is 38.2 Å². The van der Waals surface area contributed by atoms with Crippen LogP contribution < -0.4 is 20.6 Å². The van der Waals surface area contributed by atoms with Crippen LogP contribution in [0.4, 0.5) is 4.79 Å². The average Bonchev–Trinajstić information content (AvgIpc) is 2.83. The highest BCUT2D eigenvalue weighted by Crippen LogP contribution is 2.25. The third-order valence-electron chi connectivity index (χ3n) is 6.00. The zero-order valence-electron chi connectivity index (χ0n) is 22.5. The van der Waals surface area contributed by atoms with Crippen molar-refractivity contribution in [2.75, 3.05) is 19.5 Å². The van der Waals surface area contributed by atoms with Crippen LogP contribution in [0.5, 0.6) is 5.75 Å². The molecule has 1 aliphatic heterocycles. The van der Waals surface area contributed by atoms with Crippen LogP contribution in [0.15, 0.2) is 48.5 Å². The highest BCUT2D eigenvalue weighted by molar-refractivity contribution is 7.86. The van der Waals surface area contributed by atoms with Gasteiger partial charge in [0.15, 0.2) is 0 Å². The van der Waals surface area contributed by atoms with Gasteiger partial charge in [0.1, 0.15) is 22.9 Å². The van der Waals surface area contributed by atoms with Crippen molar-refractivity contribution in [1.29, 1.82) is 0 Å². The maximum absolute atomic E-state index is 13.4. The predicted molar refractivity (Wildman–Crippen MR) is 144 cm³/mol. The lowest BCUT2D eigenvalue weighted by atomic mass is 9.88. The second kappa shape index (κ2) is 12.0. The van der Waals surface area contributed by atoms with Crippen molar-refractivity contribution in [2.24, 2.45) is 5.73 Å². The molecule has 3 rings (SSSR count). The topological polar surface area (TPSA) is 163 Å². The molecular weight excluding hydrogens is 526 g/mol. The third-order valence-corrected chi connectivity index (χ3v) is 6.49. The van der Waals surface area contributed by atoms with Gasteiger partial charge in [0.25, 0.3) is 0 Å². The number of primary amides is 1. The van der Waals surface area contributed by atoms with Gasteiger partial charge in [-0.3, -0.25) is 9.59 Å². The first-order valence-corrected chi connectivity index (χ1v) is 14.3. The van der Waals surface area contributed by atoms with Gasteiger partial charge in [0, 0.05) is 32.5 Å². The number of carbonyl (C=O) groups excluding carboxylic acids is 3. The Morgan fingerprint density at radius 3 is 2.03 bits per heavy atom. The number of nitrogens with one attached hydrogen (secondary N) is 2. The van der Waals surface area contributed by atoms with Crippen LogP contribution in [0, 0.1) is 0 Å². The monoisotopic (exact) mass is 561 g/mol. The summed E-state index contributed by atoms with van der Waals surface area (Å²) in [6.45, 7) is 5.68. The molecule has 0 saturated carbocycles. The fourth-order valence-corrected chi connectivity index (χ4v) is 4.55. The van der Waals surface area contributed by atoms with Crippen LogP contribution >= 0.6 is 0 Å². The highest BCUT2D eigenvalue weighted by Gasteiger charge is 2.43. The second-order valence-corrected chi connectivity index (χ2v) is 12.0. The first-order valence-electron chi connectivity index (χ1n) is 12.4. The Balaban J connectivity index is 1.70. The van der Waals surface area contributed by atoms with Gasteiger partial charge in [-0.15, -0.1) is 0 Å². The Morgan fingerprint density at radius 1 is 1.00 bits per heavy atom. The number of benzene rings is 2. The van der Waals surface area contributed by atoms with Crippen molar-refractivity contribution >= 4 is 28.0 Å². The zero-order valence-corrected chi connectivity index (χ0v) is 23.3. The summed E-state index contributed by atoms with van der Waals surface area (Å²) in [7, 11) is -3.61. The number of hydrogen-bond acceptors (Lipinski definition) is 8. The van der Waals surface area contributed by atoms with Crippen molar-refractivity contribution in [2.45, 2.75) is 57.2 Å². The largest absolute Gasteiger partial charge is 0.444 e. The molecule has 0 aromatic heterocycles. The lowest BCUT2D eigenvalue weighted by molar-refractivity contribution is -0.135. The predicted octanol–water partition coefficient (Wildman–Crippen LogP) is 2.28. The number of ether oxygens (including phenoxy) is 2. The Kier molecular flexibility index (Phi) is 9.23. The van der Waals surface area contributed by atoms with Crippen molar-refractivity contribution in [1.82, 2.24) is 10.6 Å². The molecule has 4 N–H and O–H groups in total. The molecule has 1 aliphatic rings. The Morgan fingerprint density at radius 2 is 1.54 bits per heavy atom. The number of hydrogen-bond donors (Lipinski definition) is 3. The third kappa shape index (κ3) is 8.96. The number of amides is 3. The summed E-state index contributed by atoms with van der Waals surface area (Å²) < 4.78 is 38.2. The minimum atomic E-state index is -3.61. The number of alkyl carbamates (subject to hydrolysis) is 1. The average molecular weight is 562 g/mol. The van der Waals surface area contributed by atoms with Crippen LogP contribution in [0.1, 0.15) is 39.2 Å². The van der Waals surface area contributed by atoms with Crippen LogP contribution in [0.25, 0.3) is 11.1 Å². The summed E-state index contributed by atoms with van der Waals surface area (Å²) in [4.78, 5) is 38.2. The Bertz CT molecular complexity index is 1280. The van der Waals surface area contributed by atoms with Gasteiger partial charge in [0.2, 0.25) is 11.8 Å². The van der Waals surface area contributed by atoms with Crippen LogP contribution in [0.3, 0.4) is 0 Å². The fraction of sp³-hybridized carbons (Fsp3) is 0.444. The molecule has 12 heteroatoms. The van der Waals surface area contributed by atoms with E-state index in [0.717, 1.165) is 22.9 Å². The van der Waals surface area contributed by atoms with E-state index in [4.69, 9.17) is 19.4 Å². The Labute approximate surface area is 228 Å². The lowest BCUT2D eigenvalue weighted by Crippen LogP contribution is -2.64. The van der Waals surface area contributed by atoms with Crippen LogP contribution in [-0.2, 0) is 35.6 Å². The van der Waals surface area contributed by atoms with Crippen LogP contribution in [0.2, 0.25) is 0 Å². The van der Waals surface area contributed by atoms with E-state index in [9.17, 15) is 22.8 Å². The molecular formula is C27H35N3O8S. The molecule has 39 heavy (non-hydrogen) atoms. The summed E-state index contributed by atoms with van der Waals surface area (Å²) in [5.74, 6) is -1.04. The van der Waals surface area contributed by atoms with E-state index in [2.05, 4.69) is 10.6 Å². The molecule has 2 aromatic carbocycles. The summed E-state index contributed by atoms with van der Waals surface area (Å²) >= 11 is 0. The molecule has 3 amide bonds. The molecule has 0 aliphatic carbocycles. The van der Waals surface area contributed by atoms with Crippen molar-refractivity contribution in [3.8, 4) is 16.9 Å². The van der Waals surface area contributed by atoms with Gasteiger partial charge < -0.3 is 30.0 Å². The zero-order chi connectivity index (χ0) is 28.8. The summed E-state index contributed by atoms with van der Waals surface area (Å²) in [5, 5.41) is 5.40.